The van der Waals surface area contributed by atoms with Gasteiger partial charge in [-0.1, -0.05) is 102 Å². The van der Waals surface area contributed by atoms with Crippen LogP contribution in [0.3, 0.4) is 0 Å². The highest BCUT2D eigenvalue weighted by Crippen LogP contribution is 2.28. The summed E-state index contributed by atoms with van der Waals surface area (Å²) in [6.07, 6.45) is 27.0. The van der Waals surface area contributed by atoms with E-state index in [2.05, 4.69) is 84.2 Å². The molecule has 0 amide bonds. The molecule has 4 nitrogen and oxygen atoms in total. The van der Waals surface area contributed by atoms with E-state index < -0.39 is 0 Å². The molecule has 4 rings (SSSR count). The highest BCUT2D eigenvalue weighted by atomic mass is 16.5. The van der Waals surface area contributed by atoms with Gasteiger partial charge in [0, 0.05) is 25.0 Å². The summed E-state index contributed by atoms with van der Waals surface area (Å²) in [5.74, 6) is 3.43. The molecule has 0 saturated heterocycles. The maximum absolute atomic E-state index is 6.18. The van der Waals surface area contributed by atoms with Gasteiger partial charge in [-0.15, -0.1) is 0 Å². The van der Waals surface area contributed by atoms with Crippen LogP contribution in [0.2, 0.25) is 0 Å². The molecule has 2 heterocycles. The number of nitrogens with zero attached hydrogens (tertiary/aromatic N) is 2. The Labute approximate surface area is 266 Å². The van der Waals surface area contributed by atoms with Crippen molar-refractivity contribution in [3.63, 3.8) is 0 Å². The van der Waals surface area contributed by atoms with Crippen LogP contribution in [-0.2, 0) is 13.1 Å². The molecular weight excluding hydrogens is 540 g/mol. The van der Waals surface area contributed by atoms with Crippen LogP contribution in [0.1, 0.15) is 104 Å². The lowest BCUT2D eigenvalue weighted by Gasteiger charge is -2.08. The minimum absolute atomic E-state index is 0.844. The van der Waals surface area contributed by atoms with Crippen molar-refractivity contribution in [3.05, 3.63) is 97.6 Å². The lowest BCUT2D eigenvalue weighted by Crippen LogP contribution is -2.32. The summed E-state index contributed by atoms with van der Waals surface area (Å²) in [6.45, 7) is 6.61. The molecule has 2 aromatic heterocycles. The van der Waals surface area contributed by atoms with Crippen molar-refractivity contribution in [1.82, 2.24) is 0 Å². The number of rotatable bonds is 21. The predicted octanol–water partition coefficient (Wildman–Crippen LogP) is 11.0. The largest absolute Gasteiger partial charge is 0.451 e. The van der Waals surface area contributed by atoms with Crippen molar-refractivity contribution in [2.75, 3.05) is 0 Å². The molecule has 0 aliphatic heterocycles. The van der Waals surface area contributed by atoms with Gasteiger partial charge in [0.2, 0.25) is 12.4 Å². The number of benzene rings is 2. The summed E-state index contributed by atoms with van der Waals surface area (Å²) in [6, 6.07) is 24.8. The quantitative estimate of drug-likeness (QED) is 0.0708. The number of aromatic nitrogens is 2. The van der Waals surface area contributed by atoms with E-state index in [1.807, 2.05) is 36.4 Å². The Morgan fingerprint density at radius 3 is 1.16 bits per heavy atom. The predicted molar refractivity (Wildman–Crippen MR) is 181 cm³/mol. The summed E-state index contributed by atoms with van der Waals surface area (Å²) in [5.41, 5.74) is 2.30. The minimum atomic E-state index is 0.844. The second kappa shape index (κ2) is 19.6. The molecule has 0 saturated carbocycles. The molecule has 0 N–H and O–H groups in total. The van der Waals surface area contributed by atoms with Gasteiger partial charge in [-0.05, 0) is 60.4 Å². The fourth-order valence-corrected chi connectivity index (χ4v) is 5.60. The summed E-state index contributed by atoms with van der Waals surface area (Å²) >= 11 is 0. The second-order valence-corrected chi connectivity index (χ2v) is 12.1. The Hall–Kier alpha value is -3.66. The topological polar surface area (TPSA) is 26.2 Å². The first-order valence-electron chi connectivity index (χ1n) is 17.3. The molecule has 44 heavy (non-hydrogen) atoms. The highest BCUT2D eigenvalue weighted by Gasteiger charge is 2.08. The third-order valence-electron chi connectivity index (χ3n) is 8.22. The summed E-state index contributed by atoms with van der Waals surface area (Å²) < 4.78 is 16.9. The van der Waals surface area contributed by atoms with Gasteiger partial charge >= 0.3 is 0 Å². The van der Waals surface area contributed by atoms with Gasteiger partial charge in [-0.3, -0.25) is 0 Å². The first-order valence-corrected chi connectivity index (χ1v) is 17.3. The molecule has 0 aliphatic carbocycles. The van der Waals surface area contributed by atoms with Crippen LogP contribution in [-0.4, -0.2) is 0 Å². The second-order valence-electron chi connectivity index (χ2n) is 12.1. The monoisotopic (exact) mass is 594 g/mol. The van der Waals surface area contributed by atoms with Crippen molar-refractivity contribution >= 4 is 0 Å². The molecule has 2 aromatic carbocycles. The molecule has 0 radical (unpaired) electrons. The number of hydrogen-bond donors (Lipinski definition) is 0. The van der Waals surface area contributed by atoms with Crippen LogP contribution >= 0.6 is 0 Å². The fourth-order valence-electron chi connectivity index (χ4n) is 5.60. The first kappa shape index (κ1) is 33.2. The summed E-state index contributed by atoms with van der Waals surface area (Å²) in [5, 5.41) is 0. The maximum Gasteiger partial charge on any atom is 0.211 e. The smallest absolute Gasteiger partial charge is 0.211 e. The van der Waals surface area contributed by atoms with E-state index in [1.54, 1.807) is 0 Å². The Kier molecular flexibility index (Phi) is 14.8. The number of pyridine rings is 2. The summed E-state index contributed by atoms with van der Waals surface area (Å²) in [4.78, 5) is 0. The Bertz CT molecular complexity index is 1230. The van der Waals surface area contributed by atoms with Gasteiger partial charge in [0.05, 0.1) is 0 Å². The van der Waals surface area contributed by atoms with Crippen LogP contribution in [0.15, 0.2) is 97.6 Å². The van der Waals surface area contributed by atoms with E-state index in [-0.39, 0.29) is 0 Å². The van der Waals surface area contributed by atoms with E-state index in [0.717, 1.165) is 47.2 Å². The summed E-state index contributed by atoms with van der Waals surface area (Å²) in [7, 11) is 0. The molecule has 4 aromatic rings. The molecule has 0 fully saturated rings. The van der Waals surface area contributed by atoms with E-state index in [0.29, 0.717) is 0 Å². The Morgan fingerprint density at radius 2 is 0.773 bits per heavy atom. The van der Waals surface area contributed by atoms with E-state index in [1.165, 1.54) is 89.9 Å². The van der Waals surface area contributed by atoms with Crippen LogP contribution < -0.4 is 18.6 Å². The minimum Gasteiger partial charge on any atom is -0.451 e. The van der Waals surface area contributed by atoms with Crippen LogP contribution in [0.25, 0.3) is 11.1 Å². The van der Waals surface area contributed by atoms with Crippen molar-refractivity contribution in [2.45, 2.75) is 117 Å². The third-order valence-corrected chi connectivity index (χ3v) is 8.22. The molecule has 0 aliphatic rings. The Morgan fingerprint density at radius 1 is 0.409 bits per heavy atom. The SMILES string of the molecule is CCCCCCCCC[n+]1cccc(Oc2ccc(-c3ccc(Oc4ccc[n+](CCCCCCCCC)c4)cc3)cc2)c1. The zero-order chi connectivity index (χ0) is 30.7. The van der Waals surface area contributed by atoms with Gasteiger partial charge in [0.15, 0.2) is 23.9 Å². The standard InChI is InChI=1S/C40H54N2O2/c1-3-5-7-9-11-13-15-29-41-31-17-19-39(33-41)43-37-25-21-35(22-26-37)36-23-27-38(28-24-36)44-40-20-18-32-42(34-40)30-16-14-12-10-8-6-4-2/h17-28,31-34H,3-16,29-30H2,1-2H3/q+2. The zero-order valence-corrected chi connectivity index (χ0v) is 27.3. The van der Waals surface area contributed by atoms with Crippen LogP contribution in [0.5, 0.6) is 23.0 Å². The number of aryl methyl sites for hydroxylation is 2. The normalized spacial score (nSPS) is 11.0. The average Bonchev–Trinajstić information content (AvgIpc) is 3.05. The van der Waals surface area contributed by atoms with E-state index in [4.69, 9.17) is 9.47 Å². The number of hydrogen-bond acceptors (Lipinski definition) is 2. The molecule has 234 valence electrons. The lowest BCUT2D eigenvalue weighted by molar-refractivity contribution is -0.697. The zero-order valence-electron chi connectivity index (χ0n) is 27.3. The van der Waals surface area contributed by atoms with Gasteiger partial charge in [-0.25, -0.2) is 9.13 Å². The van der Waals surface area contributed by atoms with Gasteiger partial charge in [0.1, 0.15) is 24.6 Å². The van der Waals surface area contributed by atoms with Crippen molar-refractivity contribution in [1.29, 1.82) is 0 Å². The lowest BCUT2D eigenvalue weighted by atomic mass is 10.1. The van der Waals surface area contributed by atoms with Crippen molar-refractivity contribution < 1.29 is 18.6 Å². The molecule has 0 spiro atoms. The molecule has 4 heteroatoms. The Balaban J connectivity index is 1.22. The molecule has 0 unspecified atom stereocenters. The maximum atomic E-state index is 6.18. The van der Waals surface area contributed by atoms with Gasteiger partial charge < -0.3 is 9.47 Å². The highest BCUT2D eigenvalue weighted by molar-refractivity contribution is 5.65. The van der Waals surface area contributed by atoms with Gasteiger partial charge in [0.25, 0.3) is 0 Å². The average molecular weight is 595 g/mol. The number of unbranched alkanes of at least 4 members (excludes halogenated alkanes) is 12. The number of ether oxygens (including phenoxy) is 2. The first-order chi connectivity index (χ1) is 21.7. The van der Waals surface area contributed by atoms with Crippen molar-refractivity contribution in [2.24, 2.45) is 0 Å². The fraction of sp³-hybridized carbons (Fsp3) is 0.450. The van der Waals surface area contributed by atoms with E-state index in [9.17, 15) is 0 Å². The third kappa shape index (κ3) is 12.1. The van der Waals surface area contributed by atoms with Crippen LogP contribution in [0.4, 0.5) is 0 Å². The van der Waals surface area contributed by atoms with Crippen molar-refractivity contribution in [3.8, 4) is 34.1 Å². The molecule has 0 bridgehead atoms. The van der Waals surface area contributed by atoms with Crippen LogP contribution in [0, 0.1) is 0 Å². The van der Waals surface area contributed by atoms with E-state index >= 15 is 0 Å². The van der Waals surface area contributed by atoms with Gasteiger partial charge in [-0.2, -0.15) is 0 Å². The molecule has 0 atom stereocenters. The molecular formula is C40H54N2O2+2.